The summed E-state index contributed by atoms with van der Waals surface area (Å²) in [5.41, 5.74) is 6.61. The Kier molecular flexibility index (Phi) is 4.65. The molecule has 1 aromatic carbocycles. The van der Waals surface area contributed by atoms with Gasteiger partial charge in [-0.1, -0.05) is 50.1 Å². The number of rotatable bonds is 3. The number of anilines is 1. The highest BCUT2D eigenvalue weighted by atomic mass is 32.1. The molecule has 0 saturated heterocycles. The maximum atomic E-state index is 4.62. The molecule has 2 aromatic rings. The van der Waals surface area contributed by atoms with Gasteiger partial charge in [-0.15, -0.1) is 11.3 Å². The fraction of sp³-hybridized carbons (Fsp3) is 0.412. The lowest BCUT2D eigenvalue weighted by Gasteiger charge is -2.10. The molecule has 1 atom stereocenters. The van der Waals surface area contributed by atoms with Gasteiger partial charge in [-0.2, -0.15) is 5.10 Å². The summed E-state index contributed by atoms with van der Waals surface area (Å²) in [4.78, 5) is 4.61. The van der Waals surface area contributed by atoms with E-state index in [1.165, 1.54) is 31.4 Å². The van der Waals surface area contributed by atoms with Crippen LogP contribution in [-0.4, -0.2) is 10.7 Å². The van der Waals surface area contributed by atoms with Crippen molar-refractivity contribution in [2.24, 2.45) is 11.0 Å². The van der Waals surface area contributed by atoms with Gasteiger partial charge in [0.15, 0.2) is 0 Å². The van der Waals surface area contributed by atoms with E-state index in [0.29, 0.717) is 5.92 Å². The minimum absolute atomic E-state index is 0.591. The second kappa shape index (κ2) is 6.85. The van der Waals surface area contributed by atoms with Gasteiger partial charge < -0.3 is 0 Å². The van der Waals surface area contributed by atoms with Crippen molar-refractivity contribution in [2.75, 3.05) is 5.43 Å². The molecule has 0 spiro atoms. The second-order valence-electron chi connectivity index (χ2n) is 5.62. The van der Waals surface area contributed by atoms with Gasteiger partial charge in [-0.3, -0.25) is 5.43 Å². The van der Waals surface area contributed by atoms with E-state index in [9.17, 15) is 0 Å². The average molecular weight is 299 g/mol. The predicted molar refractivity (Wildman–Crippen MR) is 90.9 cm³/mol. The molecule has 1 fully saturated rings. The summed E-state index contributed by atoms with van der Waals surface area (Å²) in [6.45, 7) is 2.28. The topological polar surface area (TPSA) is 37.3 Å². The molecule has 21 heavy (non-hydrogen) atoms. The number of hydrogen-bond acceptors (Lipinski definition) is 4. The van der Waals surface area contributed by atoms with Crippen molar-refractivity contribution in [3.05, 3.63) is 35.7 Å². The second-order valence-corrected chi connectivity index (χ2v) is 6.48. The number of aromatic nitrogens is 1. The third kappa shape index (κ3) is 3.70. The molecule has 3 nitrogen and oxygen atoms in total. The number of thiazole rings is 1. The van der Waals surface area contributed by atoms with Gasteiger partial charge >= 0.3 is 0 Å². The molecule has 0 amide bonds. The highest BCUT2D eigenvalue weighted by Gasteiger charge is 2.14. The van der Waals surface area contributed by atoms with Crippen LogP contribution in [0.3, 0.4) is 0 Å². The lowest BCUT2D eigenvalue weighted by molar-refractivity contribution is 0.627. The third-order valence-corrected chi connectivity index (χ3v) is 4.75. The van der Waals surface area contributed by atoms with Crippen LogP contribution >= 0.6 is 11.3 Å². The SMILES string of the molecule is CC1CCCCC/C1=N\Nc1nc(-c2ccccc2)cs1. The van der Waals surface area contributed by atoms with Gasteiger partial charge in [-0.05, 0) is 25.2 Å². The Morgan fingerprint density at radius 2 is 2.05 bits per heavy atom. The molecule has 4 heteroatoms. The molecule has 0 radical (unpaired) electrons. The Balaban J connectivity index is 1.70. The molecule has 0 aliphatic heterocycles. The summed E-state index contributed by atoms with van der Waals surface area (Å²) in [5.74, 6) is 0.591. The van der Waals surface area contributed by atoms with E-state index in [4.69, 9.17) is 0 Å². The zero-order chi connectivity index (χ0) is 14.5. The van der Waals surface area contributed by atoms with Gasteiger partial charge in [-0.25, -0.2) is 4.98 Å². The predicted octanol–water partition coefficient (Wildman–Crippen LogP) is 5.18. The van der Waals surface area contributed by atoms with E-state index in [-0.39, 0.29) is 0 Å². The lowest BCUT2D eigenvalue weighted by Crippen LogP contribution is -2.11. The van der Waals surface area contributed by atoms with Crippen LogP contribution in [0.4, 0.5) is 5.13 Å². The molecular weight excluding hydrogens is 278 g/mol. The van der Waals surface area contributed by atoms with Crippen molar-refractivity contribution < 1.29 is 0 Å². The Hall–Kier alpha value is -1.68. The molecule has 0 bridgehead atoms. The molecule has 1 saturated carbocycles. The smallest absolute Gasteiger partial charge is 0.203 e. The van der Waals surface area contributed by atoms with Crippen molar-refractivity contribution in [2.45, 2.75) is 39.0 Å². The van der Waals surface area contributed by atoms with Crippen LogP contribution in [0.2, 0.25) is 0 Å². The minimum Gasteiger partial charge on any atom is -0.253 e. The van der Waals surface area contributed by atoms with Crippen LogP contribution in [0.5, 0.6) is 0 Å². The van der Waals surface area contributed by atoms with Crippen LogP contribution in [0.25, 0.3) is 11.3 Å². The van der Waals surface area contributed by atoms with E-state index >= 15 is 0 Å². The first kappa shape index (κ1) is 14.3. The average Bonchev–Trinajstić information content (AvgIpc) is 2.90. The van der Waals surface area contributed by atoms with Gasteiger partial charge in [0, 0.05) is 16.7 Å². The van der Waals surface area contributed by atoms with E-state index in [1.54, 1.807) is 11.3 Å². The molecule has 1 aromatic heterocycles. The highest BCUT2D eigenvalue weighted by Crippen LogP contribution is 2.25. The third-order valence-electron chi connectivity index (χ3n) is 4.01. The van der Waals surface area contributed by atoms with Crippen molar-refractivity contribution >= 4 is 22.2 Å². The highest BCUT2D eigenvalue weighted by molar-refractivity contribution is 7.14. The number of hydrogen-bond donors (Lipinski definition) is 1. The molecule has 3 rings (SSSR count). The summed E-state index contributed by atoms with van der Waals surface area (Å²) in [6.07, 6.45) is 6.30. The van der Waals surface area contributed by atoms with Crippen molar-refractivity contribution in [3.8, 4) is 11.3 Å². The summed E-state index contributed by atoms with van der Waals surface area (Å²) in [5, 5.41) is 7.57. The van der Waals surface area contributed by atoms with Crippen molar-refractivity contribution in [3.63, 3.8) is 0 Å². The monoisotopic (exact) mass is 299 g/mol. The zero-order valence-corrected chi connectivity index (χ0v) is 13.2. The standard InChI is InChI=1S/C17H21N3S/c1-13-8-4-2-7-11-15(13)19-20-17-18-16(12-21-17)14-9-5-3-6-10-14/h3,5-6,9-10,12-13H,2,4,7-8,11H2,1H3,(H,18,20)/b19-15+. The van der Waals surface area contributed by atoms with Gasteiger partial charge in [0.05, 0.1) is 5.69 Å². The fourth-order valence-electron chi connectivity index (χ4n) is 2.70. The Bertz CT molecular complexity index is 604. The van der Waals surface area contributed by atoms with Crippen LogP contribution in [0.15, 0.2) is 40.8 Å². The summed E-state index contributed by atoms with van der Waals surface area (Å²) >= 11 is 1.61. The maximum Gasteiger partial charge on any atom is 0.203 e. The number of nitrogens with zero attached hydrogens (tertiary/aromatic N) is 2. The molecule has 1 heterocycles. The Labute approximate surface area is 130 Å². The number of hydrazone groups is 1. The van der Waals surface area contributed by atoms with E-state index < -0.39 is 0 Å². The summed E-state index contributed by atoms with van der Waals surface area (Å²) < 4.78 is 0. The number of benzene rings is 1. The quantitative estimate of drug-likeness (QED) is 0.626. The molecule has 1 N–H and O–H groups in total. The minimum atomic E-state index is 0.591. The molecular formula is C17H21N3S. The van der Waals surface area contributed by atoms with Crippen LogP contribution in [0, 0.1) is 5.92 Å². The molecule has 1 aliphatic rings. The maximum absolute atomic E-state index is 4.62. The first-order valence-electron chi connectivity index (χ1n) is 7.66. The summed E-state index contributed by atoms with van der Waals surface area (Å²) in [7, 11) is 0. The van der Waals surface area contributed by atoms with Crippen LogP contribution in [-0.2, 0) is 0 Å². The van der Waals surface area contributed by atoms with Crippen LogP contribution in [0.1, 0.15) is 39.0 Å². The zero-order valence-electron chi connectivity index (χ0n) is 12.4. The van der Waals surface area contributed by atoms with Crippen molar-refractivity contribution in [1.82, 2.24) is 4.98 Å². The Morgan fingerprint density at radius 1 is 1.19 bits per heavy atom. The Morgan fingerprint density at radius 3 is 2.90 bits per heavy atom. The first-order chi connectivity index (χ1) is 10.3. The molecule has 1 unspecified atom stereocenters. The van der Waals surface area contributed by atoms with E-state index in [1.807, 2.05) is 18.2 Å². The van der Waals surface area contributed by atoms with E-state index in [2.05, 4.69) is 39.9 Å². The fourth-order valence-corrected chi connectivity index (χ4v) is 3.36. The van der Waals surface area contributed by atoms with E-state index in [0.717, 1.165) is 22.8 Å². The van der Waals surface area contributed by atoms with Gasteiger partial charge in [0.1, 0.15) is 0 Å². The molecule has 1 aliphatic carbocycles. The normalized spacial score (nSPS) is 21.2. The largest absolute Gasteiger partial charge is 0.253 e. The van der Waals surface area contributed by atoms with Gasteiger partial charge in [0.25, 0.3) is 0 Å². The number of nitrogens with one attached hydrogen (secondary N) is 1. The molecule has 110 valence electrons. The first-order valence-corrected chi connectivity index (χ1v) is 8.54. The lowest BCUT2D eigenvalue weighted by atomic mass is 10.0. The summed E-state index contributed by atoms with van der Waals surface area (Å²) in [6, 6.07) is 10.3. The van der Waals surface area contributed by atoms with Crippen LogP contribution < -0.4 is 5.43 Å². The van der Waals surface area contributed by atoms with Gasteiger partial charge in [0.2, 0.25) is 5.13 Å². The van der Waals surface area contributed by atoms with Crippen molar-refractivity contribution in [1.29, 1.82) is 0 Å².